The number of allylic oxidation sites excluding steroid dienone is 1. The first kappa shape index (κ1) is 21.0. The Morgan fingerprint density at radius 3 is 2.61 bits per heavy atom. The van der Waals surface area contributed by atoms with Crippen LogP contribution in [0.15, 0.2) is 22.8 Å². The lowest BCUT2D eigenvalue weighted by Crippen LogP contribution is -2.63. The fourth-order valence-corrected chi connectivity index (χ4v) is 4.85. The normalized spacial score (nSPS) is 39.2. The van der Waals surface area contributed by atoms with Crippen molar-refractivity contribution in [1.29, 1.82) is 0 Å². The predicted molar refractivity (Wildman–Crippen MR) is 99.8 cm³/mol. The second-order valence-electron chi connectivity index (χ2n) is 8.23. The molecular formula is C21H30O7. The molecule has 0 amide bonds. The molecule has 0 unspecified atom stereocenters. The highest BCUT2D eigenvalue weighted by molar-refractivity contribution is 5.95. The number of esters is 2. The van der Waals surface area contributed by atoms with Crippen LogP contribution < -0.4 is 0 Å². The summed E-state index contributed by atoms with van der Waals surface area (Å²) in [6, 6.07) is 0. The van der Waals surface area contributed by atoms with Crippen molar-refractivity contribution < 1.29 is 33.6 Å². The molecule has 4 rings (SSSR count). The summed E-state index contributed by atoms with van der Waals surface area (Å²) in [6.45, 7) is 9.13. The quantitative estimate of drug-likeness (QED) is 0.566. The van der Waals surface area contributed by atoms with Crippen molar-refractivity contribution in [3.05, 3.63) is 22.8 Å². The summed E-state index contributed by atoms with van der Waals surface area (Å²) in [4.78, 5) is 25.3. The van der Waals surface area contributed by atoms with Crippen molar-refractivity contribution in [1.82, 2.24) is 0 Å². The molecule has 4 aliphatic rings. The zero-order chi connectivity index (χ0) is 20.8. The number of rotatable bonds is 5. The maximum Gasteiger partial charge on any atom is 0.340 e. The molecule has 7 atom stereocenters. The van der Waals surface area contributed by atoms with Gasteiger partial charge in [-0.25, -0.2) is 9.59 Å². The number of cyclic esters (lactones) is 1. The Morgan fingerprint density at radius 2 is 2.07 bits per heavy atom. The van der Waals surface area contributed by atoms with Gasteiger partial charge in [-0.05, 0) is 39.5 Å². The highest BCUT2D eigenvalue weighted by atomic mass is 16.7. The van der Waals surface area contributed by atoms with Gasteiger partial charge in [0.1, 0.15) is 6.10 Å². The first-order valence-electron chi connectivity index (χ1n) is 9.78. The van der Waals surface area contributed by atoms with Crippen LogP contribution in [0, 0.1) is 17.3 Å². The topological polar surface area (TPSA) is 91.3 Å². The summed E-state index contributed by atoms with van der Waals surface area (Å²) in [7, 11) is 1.60. The van der Waals surface area contributed by atoms with Gasteiger partial charge in [-0.1, -0.05) is 19.9 Å². The van der Waals surface area contributed by atoms with Gasteiger partial charge < -0.3 is 24.1 Å². The number of hydrogen-bond acceptors (Lipinski definition) is 7. The van der Waals surface area contributed by atoms with Gasteiger partial charge in [0.15, 0.2) is 6.29 Å². The minimum atomic E-state index is -1.32. The minimum absolute atomic E-state index is 0.00667. The molecule has 3 fully saturated rings. The average molecular weight is 394 g/mol. The van der Waals surface area contributed by atoms with E-state index in [1.54, 1.807) is 34.0 Å². The van der Waals surface area contributed by atoms with Gasteiger partial charge >= 0.3 is 11.9 Å². The van der Waals surface area contributed by atoms with Crippen molar-refractivity contribution in [3.8, 4) is 0 Å². The number of aliphatic hydroxyl groups is 1. The summed E-state index contributed by atoms with van der Waals surface area (Å²) < 4.78 is 22.6. The van der Waals surface area contributed by atoms with E-state index in [0.717, 1.165) is 12.8 Å². The fraction of sp³-hybridized carbons (Fsp3) is 0.714. The van der Waals surface area contributed by atoms with E-state index in [1.807, 2.05) is 6.92 Å². The number of methoxy groups -OCH3 is 1. The number of carbonyl (C=O) groups is 2. The Morgan fingerprint density at radius 1 is 1.39 bits per heavy atom. The van der Waals surface area contributed by atoms with Crippen LogP contribution in [-0.4, -0.2) is 48.9 Å². The molecule has 28 heavy (non-hydrogen) atoms. The van der Waals surface area contributed by atoms with Crippen molar-refractivity contribution in [2.75, 3.05) is 7.11 Å². The average Bonchev–Trinajstić information content (AvgIpc) is 2.94. The molecule has 3 aliphatic heterocycles. The summed E-state index contributed by atoms with van der Waals surface area (Å²) >= 11 is 0. The van der Waals surface area contributed by atoms with Crippen LogP contribution in [0.5, 0.6) is 0 Å². The van der Waals surface area contributed by atoms with E-state index in [0.29, 0.717) is 11.1 Å². The lowest BCUT2D eigenvalue weighted by atomic mass is 9.54. The third-order valence-electron chi connectivity index (χ3n) is 7.01. The number of hydrogen-bond donors (Lipinski definition) is 1. The molecule has 0 aromatic heterocycles. The van der Waals surface area contributed by atoms with Gasteiger partial charge in [-0.2, -0.15) is 0 Å². The molecule has 0 aromatic carbocycles. The molecule has 0 spiro atoms. The van der Waals surface area contributed by atoms with E-state index in [1.165, 1.54) is 0 Å². The second-order valence-corrected chi connectivity index (χ2v) is 8.23. The fourth-order valence-electron chi connectivity index (χ4n) is 4.85. The van der Waals surface area contributed by atoms with Crippen LogP contribution in [0.2, 0.25) is 0 Å². The molecule has 2 saturated heterocycles. The van der Waals surface area contributed by atoms with Gasteiger partial charge in [0, 0.05) is 29.6 Å². The standard InChI is InChI=1S/C21H30O7/c1-7-10(2)17(22)27-16(15-11(3)18(23)28-19(15)24)21(5)12(4)14-9-8-13(21)20(25-6)26-14/h7,12-14,16,18,20,23H,8-9H2,1-6H3/b10-7-/t12-,13-,14-,16+,18+,20-,21+/m0/s1. The monoisotopic (exact) mass is 394 g/mol. The maximum atomic E-state index is 12.7. The van der Waals surface area contributed by atoms with Crippen LogP contribution in [0.1, 0.15) is 47.5 Å². The number of aliphatic hydroxyl groups excluding tert-OH is 1. The number of ether oxygens (including phenoxy) is 4. The largest absolute Gasteiger partial charge is 0.453 e. The predicted octanol–water partition coefficient (Wildman–Crippen LogP) is 2.48. The molecule has 1 aliphatic carbocycles. The second kappa shape index (κ2) is 7.61. The van der Waals surface area contributed by atoms with Crippen molar-refractivity contribution >= 4 is 11.9 Å². The van der Waals surface area contributed by atoms with Crippen LogP contribution in [0.4, 0.5) is 0 Å². The smallest absolute Gasteiger partial charge is 0.340 e. The number of carbonyl (C=O) groups excluding carboxylic acids is 2. The summed E-state index contributed by atoms with van der Waals surface area (Å²) in [6.07, 6.45) is 0.706. The zero-order valence-corrected chi connectivity index (χ0v) is 17.4. The van der Waals surface area contributed by atoms with E-state index in [-0.39, 0.29) is 23.5 Å². The number of fused-ring (bicyclic) bond motifs is 3. The minimum Gasteiger partial charge on any atom is -0.453 e. The molecule has 2 bridgehead atoms. The first-order valence-corrected chi connectivity index (χ1v) is 9.78. The highest BCUT2D eigenvalue weighted by Crippen LogP contribution is 2.57. The molecule has 1 N–H and O–H groups in total. The highest BCUT2D eigenvalue weighted by Gasteiger charge is 2.62. The van der Waals surface area contributed by atoms with Crippen molar-refractivity contribution in [2.45, 2.75) is 72.2 Å². The summed E-state index contributed by atoms with van der Waals surface area (Å²) in [5.41, 5.74) is 0.435. The van der Waals surface area contributed by atoms with E-state index in [2.05, 4.69) is 6.92 Å². The van der Waals surface area contributed by atoms with Crippen LogP contribution in [0.3, 0.4) is 0 Å². The van der Waals surface area contributed by atoms with E-state index in [4.69, 9.17) is 18.9 Å². The lowest BCUT2D eigenvalue weighted by molar-refractivity contribution is -0.308. The summed E-state index contributed by atoms with van der Waals surface area (Å²) in [5.74, 6) is -1.21. The van der Waals surface area contributed by atoms with E-state index in [9.17, 15) is 14.7 Å². The first-order chi connectivity index (χ1) is 13.2. The van der Waals surface area contributed by atoms with Crippen LogP contribution in [0.25, 0.3) is 0 Å². The van der Waals surface area contributed by atoms with Crippen LogP contribution >= 0.6 is 0 Å². The van der Waals surface area contributed by atoms with E-state index < -0.39 is 36.0 Å². The van der Waals surface area contributed by atoms with E-state index >= 15 is 0 Å². The Bertz CT molecular complexity index is 724. The van der Waals surface area contributed by atoms with Gasteiger partial charge in [-0.15, -0.1) is 0 Å². The molecule has 3 heterocycles. The molecule has 156 valence electrons. The Labute approximate surface area is 165 Å². The van der Waals surface area contributed by atoms with Gasteiger partial charge in [0.2, 0.25) is 6.29 Å². The Hall–Kier alpha value is -1.70. The SMILES string of the molecule is C/C=C(/C)C(=O)O[C@H](C1=C(C)[C@H](O)OC1=O)[C@]1(C)[C@@H](C)[C@@H]2CC[C@H]1[C@@H](OC)O2. The lowest BCUT2D eigenvalue weighted by Gasteiger charge is -2.59. The zero-order valence-electron chi connectivity index (χ0n) is 17.4. The molecule has 7 nitrogen and oxygen atoms in total. The van der Waals surface area contributed by atoms with Crippen molar-refractivity contribution in [3.63, 3.8) is 0 Å². The molecule has 1 saturated carbocycles. The molecular weight excluding hydrogens is 364 g/mol. The van der Waals surface area contributed by atoms with Crippen molar-refractivity contribution in [2.24, 2.45) is 17.3 Å². The Kier molecular flexibility index (Phi) is 5.71. The molecule has 0 aromatic rings. The van der Waals surface area contributed by atoms with Gasteiger partial charge in [0.25, 0.3) is 0 Å². The molecule has 7 heteroatoms. The van der Waals surface area contributed by atoms with Gasteiger partial charge in [0.05, 0.1) is 11.7 Å². The third kappa shape index (κ3) is 3.09. The summed E-state index contributed by atoms with van der Waals surface area (Å²) in [5, 5.41) is 10.1. The third-order valence-corrected chi connectivity index (χ3v) is 7.01. The van der Waals surface area contributed by atoms with Gasteiger partial charge in [-0.3, -0.25) is 0 Å². The maximum absolute atomic E-state index is 12.7. The molecule has 0 radical (unpaired) electrons. The van der Waals surface area contributed by atoms with Crippen LogP contribution in [-0.2, 0) is 28.5 Å². The Balaban J connectivity index is 2.10.